The van der Waals surface area contributed by atoms with Crippen LogP contribution in [-0.4, -0.2) is 43.3 Å². The van der Waals surface area contributed by atoms with Crippen molar-refractivity contribution in [3.63, 3.8) is 0 Å². The summed E-state index contributed by atoms with van der Waals surface area (Å²) in [6.45, 7) is 8.46. The number of carbonyl (C=O) groups is 1. The number of ether oxygens (including phenoxy) is 1. The zero-order valence-corrected chi connectivity index (χ0v) is 10.8. The maximum atomic E-state index is 11.5. The summed E-state index contributed by atoms with van der Waals surface area (Å²) < 4.78 is 5.18. The molecule has 0 bridgehead atoms. The number of amides is 1. The second-order valence-corrected chi connectivity index (χ2v) is 5.01. The second kappa shape index (κ2) is 5.95. The summed E-state index contributed by atoms with van der Waals surface area (Å²) in [4.78, 5) is 13.5. The Balaban J connectivity index is 4.02. The van der Waals surface area contributed by atoms with Gasteiger partial charge in [0.25, 0.3) is 0 Å². The molecule has 0 heterocycles. The molecule has 1 unspecified atom stereocenters. The van der Waals surface area contributed by atoms with Gasteiger partial charge < -0.3 is 15.0 Å². The van der Waals surface area contributed by atoms with E-state index in [1.54, 1.807) is 0 Å². The average Bonchev–Trinajstić information content (AvgIpc) is 1.98. The zero-order chi connectivity index (χ0) is 12.1. The highest BCUT2D eigenvalue weighted by atomic mass is 16.6. The average molecular weight is 216 g/mol. The molecular formula is C11H24N2O2. The van der Waals surface area contributed by atoms with Gasteiger partial charge >= 0.3 is 6.09 Å². The van der Waals surface area contributed by atoms with Gasteiger partial charge in [-0.2, -0.15) is 0 Å². The quantitative estimate of drug-likeness (QED) is 0.779. The molecule has 15 heavy (non-hydrogen) atoms. The van der Waals surface area contributed by atoms with Crippen molar-refractivity contribution < 1.29 is 9.53 Å². The van der Waals surface area contributed by atoms with Gasteiger partial charge in [0.05, 0.1) is 0 Å². The van der Waals surface area contributed by atoms with Crippen LogP contribution >= 0.6 is 0 Å². The van der Waals surface area contributed by atoms with Crippen molar-refractivity contribution in [1.82, 2.24) is 10.2 Å². The molecule has 0 aliphatic heterocycles. The lowest BCUT2D eigenvalue weighted by Crippen LogP contribution is -2.43. The summed E-state index contributed by atoms with van der Waals surface area (Å²) in [5, 5.41) is 2.85. The summed E-state index contributed by atoms with van der Waals surface area (Å²) in [6.07, 6.45) is 0.563. The lowest BCUT2D eigenvalue weighted by molar-refractivity contribution is 0.0495. The zero-order valence-electron chi connectivity index (χ0n) is 10.8. The van der Waals surface area contributed by atoms with Crippen LogP contribution in [0, 0.1) is 0 Å². The Hall–Kier alpha value is -0.770. The summed E-state index contributed by atoms with van der Waals surface area (Å²) in [5.41, 5.74) is -0.430. The Labute approximate surface area is 93.0 Å². The minimum absolute atomic E-state index is 0.148. The van der Waals surface area contributed by atoms with Gasteiger partial charge in [-0.15, -0.1) is 0 Å². The van der Waals surface area contributed by atoms with Crippen LogP contribution in [0.2, 0.25) is 0 Å². The predicted octanol–water partition coefficient (Wildman–Crippen LogP) is 1.85. The summed E-state index contributed by atoms with van der Waals surface area (Å²) in [5.74, 6) is 0. The standard InChI is InChI=1S/C11H24N2O2/c1-7-9(8-13(5)6)12-10(14)15-11(2,3)4/h9H,7-8H2,1-6H3,(H,12,14). The molecule has 4 heteroatoms. The van der Waals surface area contributed by atoms with E-state index in [2.05, 4.69) is 5.32 Å². The number of hydrogen-bond acceptors (Lipinski definition) is 3. The molecule has 0 rings (SSSR count). The van der Waals surface area contributed by atoms with E-state index in [0.29, 0.717) is 0 Å². The van der Waals surface area contributed by atoms with Crippen molar-refractivity contribution in [3.8, 4) is 0 Å². The Morgan fingerprint density at radius 2 is 1.93 bits per heavy atom. The van der Waals surface area contributed by atoms with Gasteiger partial charge in [0.1, 0.15) is 5.60 Å². The number of nitrogens with one attached hydrogen (secondary N) is 1. The van der Waals surface area contributed by atoms with Gasteiger partial charge in [0.2, 0.25) is 0 Å². The molecule has 4 nitrogen and oxygen atoms in total. The van der Waals surface area contributed by atoms with Crippen LogP contribution in [-0.2, 0) is 4.74 Å². The van der Waals surface area contributed by atoms with Crippen LogP contribution in [0.25, 0.3) is 0 Å². The van der Waals surface area contributed by atoms with Crippen LogP contribution in [0.5, 0.6) is 0 Å². The third-order valence-corrected chi connectivity index (χ3v) is 1.80. The van der Waals surface area contributed by atoms with Crippen molar-refractivity contribution in [1.29, 1.82) is 0 Å². The van der Waals surface area contributed by atoms with E-state index in [4.69, 9.17) is 4.74 Å². The number of alkyl carbamates (subject to hydrolysis) is 1. The summed E-state index contributed by atoms with van der Waals surface area (Å²) in [7, 11) is 3.97. The molecule has 0 aromatic heterocycles. The van der Waals surface area contributed by atoms with E-state index in [-0.39, 0.29) is 12.1 Å². The molecule has 0 saturated carbocycles. The molecule has 0 fully saturated rings. The van der Waals surface area contributed by atoms with Crippen molar-refractivity contribution in [2.45, 2.75) is 45.8 Å². The van der Waals surface area contributed by atoms with Crippen molar-refractivity contribution in [2.24, 2.45) is 0 Å². The molecule has 0 saturated heterocycles. The Morgan fingerprint density at radius 3 is 2.27 bits per heavy atom. The summed E-state index contributed by atoms with van der Waals surface area (Å²) >= 11 is 0. The van der Waals surface area contributed by atoms with E-state index < -0.39 is 5.60 Å². The lowest BCUT2D eigenvalue weighted by atomic mass is 10.2. The first kappa shape index (κ1) is 14.2. The van der Waals surface area contributed by atoms with Gasteiger partial charge in [0, 0.05) is 12.6 Å². The molecule has 90 valence electrons. The minimum atomic E-state index is -0.430. The SMILES string of the molecule is CCC(CN(C)C)NC(=O)OC(C)(C)C. The third-order valence-electron chi connectivity index (χ3n) is 1.80. The Morgan fingerprint density at radius 1 is 1.40 bits per heavy atom. The first-order chi connectivity index (χ1) is 6.74. The van der Waals surface area contributed by atoms with Gasteiger partial charge in [-0.3, -0.25) is 0 Å². The smallest absolute Gasteiger partial charge is 0.407 e. The third kappa shape index (κ3) is 8.24. The van der Waals surface area contributed by atoms with E-state index in [0.717, 1.165) is 13.0 Å². The lowest BCUT2D eigenvalue weighted by Gasteiger charge is -2.24. The van der Waals surface area contributed by atoms with Crippen LogP contribution in [0.4, 0.5) is 4.79 Å². The van der Waals surface area contributed by atoms with Crippen LogP contribution in [0.3, 0.4) is 0 Å². The van der Waals surface area contributed by atoms with E-state index in [1.165, 1.54) is 0 Å². The molecule has 0 aromatic rings. The van der Waals surface area contributed by atoms with Crippen LogP contribution < -0.4 is 5.32 Å². The number of carbonyl (C=O) groups excluding carboxylic acids is 1. The molecular weight excluding hydrogens is 192 g/mol. The fourth-order valence-electron chi connectivity index (χ4n) is 1.19. The first-order valence-electron chi connectivity index (χ1n) is 5.39. The molecule has 0 radical (unpaired) electrons. The van der Waals surface area contributed by atoms with E-state index in [9.17, 15) is 4.79 Å². The van der Waals surface area contributed by atoms with E-state index in [1.807, 2.05) is 46.7 Å². The van der Waals surface area contributed by atoms with Gasteiger partial charge in [0.15, 0.2) is 0 Å². The van der Waals surface area contributed by atoms with E-state index >= 15 is 0 Å². The molecule has 1 atom stereocenters. The highest BCUT2D eigenvalue weighted by Gasteiger charge is 2.18. The summed E-state index contributed by atoms with van der Waals surface area (Å²) in [6, 6.07) is 0.148. The molecule has 0 aromatic carbocycles. The second-order valence-electron chi connectivity index (χ2n) is 5.01. The molecule has 0 aliphatic rings. The number of nitrogens with zero attached hydrogens (tertiary/aromatic N) is 1. The largest absolute Gasteiger partial charge is 0.444 e. The Bertz CT molecular complexity index is 197. The van der Waals surface area contributed by atoms with Crippen molar-refractivity contribution >= 4 is 6.09 Å². The van der Waals surface area contributed by atoms with Crippen LogP contribution in [0.1, 0.15) is 34.1 Å². The maximum absolute atomic E-state index is 11.5. The highest BCUT2D eigenvalue weighted by molar-refractivity contribution is 5.68. The Kier molecular flexibility index (Phi) is 5.65. The van der Waals surface area contributed by atoms with Crippen LogP contribution in [0.15, 0.2) is 0 Å². The fraction of sp³-hybridized carbons (Fsp3) is 0.909. The molecule has 0 aliphatic carbocycles. The number of hydrogen-bond donors (Lipinski definition) is 1. The number of likely N-dealkylation sites (N-methyl/N-ethyl adjacent to an activating group) is 1. The van der Waals surface area contributed by atoms with Crippen molar-refractivity contribution in [3.05, 3.63) is 0 Å². The van der Waals surface area contributed by atoms with Gasteiger partial charge in [-0.1, -0.05) is 6.92 Å². The normalized spacial score (nSPS) is 13.8. The van der Waals surface area contributed by atoms with Gasteiger partial charge in [-0.05, 0) is 41.3 Å². The maximum Gasteiger partial charge on any atom is 0.407 e. The first-order valence-corrected chi connectivity index (χ1v) is 5.39. The molecule has 0 spiro atoms. The predicted molar refractivity (Wildman–Crippen MR) is 62.0 cm³/mol. The molecule has 1 N–H and O–H groups in total. The number of rotatable bonds is 4. The van der Waals surface area contributed by atoms with Crippen molar-refractivity contribution in [2.75, 3.05) is 20.6 Å². The minimum Gasteiger partial charge on any atom is -0.444 e. The fourth-order valence-corrected chi connectivity index (χ4v) is 1.19. The topological polar surface area (TPSA) is 41.6 Å². The van der Waals surface area contributed by atoms with Gasteiger partial charge in [-0.25, -0.2) is 4.79 Å². The molecule has 1 amide bonds. The monoisotopic (exact) mass is 216 g/mol. The highest BCUT2D eigenvalue weighted by Crippen LogP contribution is 2.07.